The van der Waals surface area contributed by atoms with Crippen LogP contribution in [-0.4, -0.2) is 34.6 Å². The Bertz CT molecular complexity index is 1180. The van der Waals surface area contributed by atoms with E-state index >= 15 is 0 Å². The number of nitrogens with one attached hydrogen (secondary N) is 2. The Morgan fingerprint density at radius 2 is 1.84 bits per heavy atom. The number of anilines is 1. The maximum absolute atomic E-state index is 13.6. The van der Waals surface area contributed by atoms with Crippen LogP contribution in [0.3, 0.4) is 0 Å². The first-order valence-corrected chi connectivity index (χ1v) is 10.7. The Balaban J connectivity index is 1.63. The number of primary amides is 1. The van der Waals surface area contributed by atoms with Crippen molar-refractivity contribution < 1.29 is 19.2 Å². The number of carbonyl (C=O) groups is 4. The molecule has 3 aliphatic rings. The van der Waals surface area contributed by atoms with Crippen molar-refractivity contribution in [2.24, 2.45) is 17.6 Å². The number of likely N-dealkylation sites (tertiary alicyclic amines) is 1. The van der Waals surface area contributed by atoms with Crippen LogP contribution < -0.4 is 16.4 Å². The average molecular weight is 453 g/mol. The van der Waals surface area contributed by atoms with Gasteiger partial charge in [0.1, 0.15) is 5.54 Å². The van der Waals surface area contributed by atoms with Crippen molar-refractivity contribution in [3.8, 4) is 0 Å². The van der Waals surface area contributed by atoms with Crippen LogP contribution in [0.25, 0.3) is 0 Å². The van der Waals surface area contributed by atoms with E-state index in [1.165, 1.54) is 4.90 Å². The van der Waals surface area contributed by atoms with E-state index in [9.17, 15) is 19.2 Å². The molecule has 32 heavy (non-hydrogen) atoms. The molecule has 0 aliphatic carbocycles. The lowest BCUT2D eigenvalue weighted by atomic mass is 9.76. The van der Waals surface area contributed by atoms with Gasteiger partial charge in [-0.2, -0.15) is 0 Å². The van der Waals surface area contributed by atoms with Crippen molar-refractivity contribution in [2.45, 2.75) is 31.5 Å². The van der Waals surface area contributed by atoms with Crippen molar-refractivity contribution in [3.63, 3.8) is 0 Å². The van der Waals surface area contributed by atoms with Gasteiger partial charge in [-0.3, -0.25) is 29.4 Å². The zero-order valence-corrected chi connectivity index (χ0v) is 18.0. The highest BCUT2D eigenvalue weighted by Crippen LogP contribution is 2.54. The van der Waals surface area contributed by atoms with E-state index in [1.807, 2.05) is 30.3 Å². The number of nitrogens with two attached hydrogens (primary N) is 1. The van der Waals surface area contributed by atoms with E-state index in [2.05, 4.69) is 10.6 Å². The summed E-state index contributed by atoms with van der Waals surface area (Å²) in [6.45, 7) is 1.87. The van der Waals surface area contributed by atoms with Crippen LogP contribution in [0.1, 0.15) is 23.1 Å². The summed E-state index contributed by atoms with van der Waals surface area (Å²) in [7, 11) is 0. The topological polar surface area (TPSA) is 122 Å². The summed E-state index contributed by atoms with van der Waals surface area (Å²) < 4.78 is 0. The standard InChI is InChI=1S/C23H21ClN4O4/c1-11-14(24)8-7-13-19(11)26-22(32)23(13)18-17(15(27-23)9-16(25)29)20(30)28(21(18)31)10-12-5-3-2-4-6-12/h2-8,15,17-18,27H,9-10H2,1H3,(H2,25,29)(H,26,32)/t15?,17-,18+,23?/m1/s1. The van der Waals surface area contributed by atoms with Crippen molar-refractivity contribution in [1.29, 1.82) is 0 Å². The van der Waals surface area contributed by atoms with E-state index in [0.717, 1.165) is 5.56 Å². The first-order valence-electron chi connectivity index (χ1n) is 10.3. The van der Waals surface area contributed by atoms with Gasteiger partial charge in [-0.15, -0.1) is 0 Å². The first-order chi connectivity index (χ1) is 15.3. The fraction of sp³-hybridized carbons (Fsp3) is 0.304. The number of benzene rings is 2. The lowest BCUT2D eigenvalue weighted by Gasteiger charge is -2.29. The molecule has 2 aromatic rings. The highest BCUT2D eigenvalue weighted by Gasteiger charge is 2.70. The second kappa shape index (κ2) is 7.15. The molecule has 0 bridgehead atoms. The number of nitrogens with zero attached hydrogens (tertiary/aromatic N) is 1. The molecule has 9 heteroatoms. The van der Waals surface area contributed by atoms with E-state index in [4.69, 9.17) is 17.3 Å². The third-order valence-corrected chi connectivity index (χ3v) is 7.19. The zero-order chi connectivity index (χ0) is 22.8. The SMILES string of the molecule is Cc1c(Cl)ccc2c1NC(=O)C21NC(CC(N)=O)[C@H]2C(=O)N(Cc3ccccc3)C(=O)[C@H]21. The molecule has 4 atom stereocenters. The summed E-state index contributed by atoms with van der Waals surface area (Å²) in [5.41, 5.74) is 6.51. The minimum atomic E-state index is -1.48. The van der Waals surface area contributed by atoms with Crippen LogP contribution in [-0.2, 0) is 31.3 Å². The highest BCUT2D eigenvalue weighted by molar-refractivity contribution is 6.32. The lowest BCUT2D eigenvalue weighted by Crippen LogP contribution is -2.53. The van der Waals surface area contributed by atoms with Gasteiger partial charge in [0.05, 0.1) is 24.1 Å². The average Bonchev–Trinajstić information content (AvgIpc) is 3.32. The minimum Gasteiger partial charge on any atom is -0.370 e. The molecule has 2 aromatic carbocycles. The largest absolute Gasteiger partial charge is 0.370 e. The monoisotopic (exact) mass is 452 g/mol. The van der Waals surface area contributed by atoms with Gasteiger partial charge in [-0.1, -0.05) is 48.0 Å². The number of hydrogen-bond acceptors (Lipinski definition) is 5. The summed E-state index contributed by atoms with van der Waals surface area (Å²) in [5.74, 6) is -3.80. The van der Waals surface area contributed by atoms with Crippen LogP contribution in [0.2, 0.25) is 5.02 Å². The second-order valence-electron chi connectivity index (χ2n) is 8.53. The quantitative estimate of drug-likeness (QED) is 0.606. The number of halogens is 1. The Morgan fingerprint density at radius 1 is 1.12 bits per heavy atom. The number of imide groups is 1. The van der Waals surface area contributed by atoms with Gasteiger partial charge in [0.2, 0.25) is 23.6 Å². The molecule has 5 rings (SSSR count). The Morgan fingerprint density at radius 3 is 2.53 bits per heavy atom. The highest BCUT2D eigenvalue weighted by atomic mass is 35.5. The predicted molar refractivity (Wildman–Crippen MR) is 116 cm³/mol. The third-order valence-electron chi connectivity index (χ3n) is 6.78. The Kier molecular flexibility index (Phi) is 4.61. The van der Waals surface area contributed by atoms with E-state index in [0.29, 0.717) is 21.8 Å². The summed E-state index contributed by atoms with van der Waals surface area (Å²) in [4.78, 5) is 53.5. The van der Waals surface area contributed by atoms with E-state index in [1.54, 1.807) is 19.1 Å². The van der Waals surface area contributed by atoms with Crippen molar-refractivity contribution >= 4 is 40.9 Å². The number of fused-ring (bicyclic) bond motifs is 4. The summed E-state index contributed by atoms with van der Waals surface area (Å²) in [6, 6.07) is 11.8. The molecule has 4 N–H and O–H groups in total. The van der Waals surface area contributed by atoms with E-state index < -0.39 is 47.0 Å². The number of carbonyl (C=O) groups excluding carboxylic acids is 4. The second-order valence-corrected chi connectivity index (χ2v) is 8.94. The molecular weight excluding hydrogens is 432 g/mol. The van der Waals surface area contributed by atoms with Gasteiger partial charge in [-0.25, -0.2) is 0 Å². The van der Waals surface area contributed by atoms with Crippen LogP contribution in [0.5, 0.6) is 0 Å². The number of hydrogen-bond donors (Lipinski definition) is 3. The van der Waals surface area contributed by atoms with Gasteiger partial charge in [-0.05, 0) is 24.1 Å². The maximum Gasteiger partial charge on any atom is 0.250 e. The molecule has 0 radical (unpaired) electrons. The lowest BCUT2D eigenvalue weighted by molar-refractivity contribution is -0.143. The fourth-order valence-electron chi connectivity index (χ4n) is 5.36. The van der Waals surface area contributed by atoms with Crippen molar-refractivity contribution in [3.05, 3.63) is 64.2 Å². The summed E-state index contributed by atoms with van der Waals surface area (Å²) in [6.07, 6.45) is -0.170. The fourth-order valence-corrected chi connectivity index (χ4v) is 5.52. The third kappa shape index (κ3) is 2.73. The number of amides is 4. The molecule has 2 unspecified atom stereocenters. The van der Waals surface area contributed by atoms with Gasteiger partial charge < -0.3 is 11.1 Å². The predicted octanol–water partition coefficient (Wildman–Crippen LogP) is 1.44. The zero-order valence-electron chi connectivity index (χ0n) is 17.2. The normalized spacial score (nSPS) is 28.2. The van der Waals surface area contributed by atoms with Crippen molar-refractivity contribution in [2.75, 3.05) is 5.32 Å². The maximum atomic E-state index is 13.6. The van der Waals surface area contributed by atoms with Crippen molar-refractivity contribution in [1.82, 2.24) is 10.2 Å². The molecule has 3 heterocycles. The van der Waals surface area contributed by atoms with Crippen LogP contribution in [0.4, 0.5) is 5.69 Å². The van der Waals surface area contributed by atoms with Gasteiger partial charge in [0.15, 0.2) is 0 Å². The number of rotatable bonds is 4. The van der Waals surface area contributed by atoms with Crippen LogP contribution >= 0.6 is 11.6 Å². The molecular formula is C23H21ClN4O4. The molecule has 8 nitrogen and oxygen atoms in total. The van der Waals surface area contributed by atoms with Gasteiger partial charge >= 0.3 is 0 Å². The van der Waals surface area contributed by atoms with Crippen LogP contribution in [0.15, 0.2) is 42.5 Å². The molecule has 2 fully saturated rings. The van der Waals surface area contributed by atoms with Gasteiger partial charge in [0, 0.05) is 23.0 Å². The Labute approximate surface area is 189 Å². The van der Waals surface area contributed by atoms with E-state index in [-0.39, 0.29) is 13.0 Å². The smallest absolute Gasteiger partial charge is 0.250 e. The first kappa shape index (κ1) is 20.7. The molecule has 1 spiro atoms. The molecule has 0 aromatic heterocycles. The molecule has 164 valence electrons. The molecule has 4 amide bonds. The minimum absolute atomic E-state index is 0.0962. The molecule has 2 saturated heterocycles. The van der Waals surface area contributed by atoms with Gasteiger partial charge in [0.25, 0.3) is 0 Å². The molecule has 3 aliphatic heterocycles. The van der Waals surface area contributed by atoms with Crippen LogP contribution in [0, 0.1) is 18.8 Å². The molecule has 0 saturated carbocycles. The summed E-state index contributed by atoms with van der Waals surface area (Å²) >= 11 is 6.25. The summed E-state index contributed by atoms with van der Waals surface area (Å²) in [5, 5.41) is 6.49. The Hall–Kier alpha value is -3.23.